The molecule has 5 nitrogen and oxygen atoms in total. The average molecular weight is 303 g/mol. The van der Waals surface area contributed by atoms with Crippen molar-refractivity contribution < 1.29 is 14.6 Å². The van der Waals surface area contributed by atoms with Crippen LogP contribution in [0, 0.1) is 5.92 Å². The predicted molar refractivity (Wildman–Crippen MR) is 75.4 cm³/mol. The van der Waals surface area contributed by atoms with Gasteiger partial charge < -0.3 is 20.5 Å². The minimum absolute atomic E-state index is 0.0698. The number of halogens is 1. The van der Waals surface area contributed by atoms with Gasteiger partial charge in [-0.1, -0.05) is 19.3 Å². The highest BCUT2D eigenvalue weighted by Gasteiger charge is 2.52. The van der Waals surface area contributed by atoms with E-state index in [1.165, 1.54) is 6.42 Å². The van der Waals surface area contributed by atoms with Crippen molar-refractivity contribution in [3.8, 4) is 0 Å². The molecule has 0 radical (unpaired) electrons. The highest BCUT2D eigenvalue weighted by atomic mass is 35.5. The number of nitrogens with zero attached hydrogens (tertiary/aromatic N) is 1. The summed E-state index contributed by atoms with van der Waals surface area (Å²) < 4.78 is 5.49. The van der Waals surface area contributed by atoms with E-state index in [0.717, 1.165) is 25.7 Å². The number of hydrogen-bond donors (Lipinski definition) is 2. The lowest BCUT2D eigenvalue weighted by atomic mass is 9.83. The second kappa shape index (κ2) is 5.79. The van der Waals surface area contributed by atoms with Crippen LogP contribution in [-0.2, 0) is 9.53 Å². The summed E-state index contributed by atoms with van der Waals surface area (Å²) in [5.41, 5.74) is 6.19. The molecular weight excluding hydrogens is 280 g/mol. The number of carbonyl (C=O) groups is 1. The number of nitrogens with two attached hydrogens (primary N) is 1. The number of amides is 1. The Morgan fingerprint density at radius 3 is 2.75 bits per heavy atom. The summed E-state index contributed by atoms with van der Waals surface area (Å²) >= 11 is 6.24. The first-order chi connectivity index (χ1) is 9.59. The fourth-order valence-electron chi connectivity index (χ4n) is 3.87. The van der Waals surface area contributed by atoms with Crippen molar-refractivity contribution in [2.24, 2.45) is 11.7 Å². The minimum Gasteiger partial charge on any atom is -0.388 e. The number of carbonyl (C=O) groups excluding carboxylic acids is 1. The number of aliphatic hydroxyl groups is 1. The van der Waals surface area contributed by atoms with Crippen LogP contribution in [0.2, 0.25) is 0 Å². The molecule has 0 spiro atoms. The van der Waals surface area contributed by atoms with Gasteiger partial charge in [0.15, 0.2) is 0 Å². The molecule has 5 atom stereocenters. The molecule has 0 aromatic rings. The molecule has 1 amide bonds. The fourth-order valence-corrected chi connectivity index (χ4v) is 4.24. The summed E-state index contributed by atoms with van der Waals surface area (Å²) in [5.74, 6) is 0.197. The van der Waals surface area contributed by atoms with E-state index >= 15 is 0 Å². The molecule has 2 saturated heterocycles. The number of hydrogen-bond acceptors (Lipinski definition) is 4. The van der Waals surface area contributed by atoms with E-state index in [0.29, 0.717) is 6.54 Å². The number of rotatable bonds is 2. The van der Waals surface area contributed by atoms with E-state index in [2.05, 4.69) is 0 Å². The summed E-state index contributed by atoms with van der Waals surface area (Å²) in [4.78, 5) is 14.3. The van der Waals surface area contributed by atoms with Gasteiger partial charge in [-0.25, -0.2) is 0 Å². The van der Waals surface area contributed by atoms with E-state index < -0.39 is 12.1 Å². The van der Waals surface area contributed by atoms with Crippen LogP contribution in [0.3, 0.4) is 0 Å². The molecule has 1 unspecified atom stereocenters. The molecule has 2 aliphatic heterocycles. The zero-order chi connectivity index (χ0) is 14.3. The first-order valence-electron chi connectivity index (χ1n) is 7.59. The lowest BCUT2D eigenvalue weighted by molar-refractivity contribution is -0.136. The van der Waals surface area contributed by atoms with Crippen molar-refractivity contribution in [1.82, 2.24) is 4.90 Å². The maximum atomic E-state index is 12.7. The molecule has 3 aliphatic rings. The van der Waals surface area contributed by atoms with Crippen LogP contribution in [-0.4, -0.2) is 58.7 Å². The van der Waals surface area contributed by atoms with Gasteiger partial charge in [-0.15, -0.1) is 11.6 Å². The van der Waals surface area contributed by atoms with Gasteiger partial charge in [-0.3, -0.25) is 4.79 Å². The van der Waals surface area contributed by atoms with Crippen LogP contribution in [0.5, 0.6) is 0 Å². The Bertz CT molecular complexity index is 375. The van der Waals surface area contributed by atoms with Gasteiger partial charge in [0.25, 0.3) is 0 Å². The molecule has 114 valence electrons. The maximum absolute atomic E-state index is 12.7. The standard InChI is InChI=1S/C14H23ClN2O3/c15-9-6-17(12-10(18)7-20-13(9)12)14(19)11(16)8-4-2-1-3-5-8/h8-13,18H,1-7,16H2/t9-,10-,11-,12?,13+/m0/s1. The number of likely N-dealkylation sites (tertiary alicyclic amines) is 1. The first-order valence-corrected chi connectivity index (χ1v) is 8.03. The van der Waals surface area contributed by atoms with Crippen molar-refractivity contribution in [3.63, 3.8) is 0 Å². The van der Waals surface area contributed by atoms with Crippen LogP contribution in [0.15, 0.2) is 0 Å². The Morgan fingerprint density at radius 2 is 2.05 bits per heavy atom. The SMILES string of the molecule is N[C@H](C(=O)N1C[C@H](Cl)[C@H]2OC[C@H](O)C21)C1CCCCC1. The van der Waals surface area contributed by atoms with Gasteiger partial charge in [0.2, 0.25) is 5.91 Å². The third-order valence-electron chi connectivity index (χ3n) is 5.00. The molecule has 0 bridgehead atoms. The van der Waals surface area contributed by atoms with Gasteiger partial charge in [-0.05, 0) is 18.8 Å². The van der Waals surface area contributed by atoms with Crippen molar-refractivity contribution in [3.05, 3.63) is 0 Å². The molecule has 1 aliphatic carbocycles. The van der Waals surface area contributed by atoms with Crippen LogP contribution in [0.25, 0.3) is 0 Å². The Hall–Kier alpha value is -0.360. The Kier molecular flexibility index (Phi) is 4.22. The van der Waals surface area contributed by atoms with Crippen molar-refractivity contribution in [1.29, 1.82) is 0 Å². The molecule has 20 heavy (non-hydrogen) atoms. The third kappa shape index (κ3) is 2.45. The van der Waals surface area contributed by atoms with Crippen LogP contribution >= 0.6 is 11.6 Å². The number of aliphatic hydroxyl groups excluding tert-OH is 1. The van der Waals surface area contributed by atoms with E-state index in [9.17, 15) is 9.90 Å². The number of fused-ring (bicyclic) bond motifs is 1. The van der Waals surface area contributed by atoms with Crippen LogP contribution in [0.4, 0.5) is 0 Å². The molecular formula is C14H23ClN2O3. The van der Waals surface area contributed by atoms with Crippen LogP contribution < -0.4 is 5.73 Å². The zero-order valence-corrected chi connectivity index (χ0v) is 12.3. The second-order valence-electron chi connectivity index (χ2n) is 6.29. The molecule has 2 heterocycles. The lowest BCUT2D eigenvalue weighted by Crippen LogP contribution is -2.53. The molecule has 1 saturated carbocycles. The van der Waals surface area contributed by atoms with E-state index in [-0.39, 0.29) is 36.0 Å². The van der Waals surface area contributed by atoms with Gasteiger partial charge >= 0.3 is 0 Å². The highest BCUT2D eigenvalue weighted by molar-refractivity contribution is 6.21. The topological polar surface area (TPSA) is 75.8 Å². The van der Waals surface area contributed by atoms with Gasteiger partial charge in [0.1, 0.15) is 6.10 Å². The maximum Gasteiger partial charge on any atom is 0.240 e. The second-order valence-corrected chi connectivity index (χ2v) is 6.85. The quantitative estimate of drug-likeness (QED) is 0.727. The summed E-state index contributed by atoms with van der Waals surface area (Å²) in [7, 11) is 0. The monoisotopic (exact) mass is 302 g/mol. The molecule has 6 heteroatoms. The summed E-state index contributed by atoms with van der Waals surface area (Å²) in [6.07, 6.45) is 4.70. The average Bonchev–Trinajstić information content (AvgIpc) is 3.00. The summed E-state index contributed by atoms with van der Waals surface area (Å²) in [6.45, 7) is 0.675. The molecule has 0 aromatic carbocycles. The zero-order valence-electron chi connectivity index (χ0n) is 11.6. The summed E-state index contributed by atoms with van der Waals surface area (Å²) in [5, 5.41) is 9.76. The van der Waals surface area contributed by atoms with Gasteiger partial charge in [0, 0.05) is 6.54 Å². The highest BCUT2D eigenvalue weighted by Crippen LogP contribution is 2.34. The first kappa shape index (κ1) is 14.6. The molecule has 0 aromatic heterocycles. The van der Waals surface area contributed by atoms with E-state index in [1.54, 1.807) is 4.90 Å². The Morgan fingerprint density at radius 1 is 1.35 bits per heavy atom. The Labute approximate surface area is 124 Å². The largest absolute Gasteiger partial charge is 0.388 e. The van der Waals surface area contributed by atoms with Gasteiger partial charge in [0.05, 0.1) is 30.2 Å². The Balaban J connectivity index is 1.69. The number of ether oxygens (including phenoxy) is 1. The normalized spacial score (nSPS) is 39.9. The molecule has 3 N–H and O–H groups in total. The van der Waals surface area contributed by atoms with Crippen LogP contribution in [0.1, 0.15) is 32.1 Å². The van der Waals surface area contributed by atoms with E-state index in [1.807, 2.05) is 0 Å². The van der Waals surface area contributed by atoms with Gasteiger partial charge in [-0.2, -0.15) is 0 Å². The van der Waals surface area contributed by atoms with Crippen molar-refractivity contribution >= 4 is 17.5 Å². The van der Waals surface area contributed by atoms with E-state index in [4.69, 9.17) is 22.1 Å². The molecule has 3 rings (SSSR count). The third-order valence-corrected chi connectivity index (χ3v) is 5.39. The number of alkyl halides is 1. The lowest BCUT2D eigenvalue weighted by Gasteiger charge is -2.32. The molecule has 3 fully saturated rings. The fraction of sp³-hybridized carbons (Fsp3) is 0.929. The predicted octanol–water partition coefficient (Wildman–Crippen LogP) is 0.472. The smallest absolute Gasteiger partial charge is 0.240 e. The van der Waals surface area contributed by atoms with Crippen molar-refractivity contribution in [2.75, 3.05) is 13.2 Å². The summed E-state index contributed by atoms with van der Waals surface area (Å²) in [6, 6.07) is -0.787. The minimum atomic E-state index is -0.647. The van der Waals surface area contributed by atoms with Crippen molar-refractivity contribution in [2.45, 2.75) is 61.8 Å².